The van der Waals surface area contributed by atoms with Crippen LogP contribution >= 0.6 is 0 Å². The van der Waals surface area contributed by atoms with Gasteiger partial charge in [0.2, 0.25) is 0 Å². The Morgan fingerprint density at radius 3 is 2.53 bits per heavy atom. The Bertz CT molecular complexity index is 1500. The molecule has 7 nitrogen and oxygen atoms in total. The number of nitrogens with one attached hydrogen (secondary N) is 2. The molecule has 5 aromatic rings. The first-order valence-electron chi connectivity index (χ1n) is 10.0. The smallest absolute Gasteiger partial charge is 0.456 e. The second kappa shape index (κ2) is 8.39. The largest absolute Gasteiger partial charge is 0.573 e. The molecule has 0 fully saturated rings. The van der Waals surface area contributed by atoms with Gasteiger partial charge in [-0.05, 0) is 60.0 Å². The minimum absolute atomic E-state index is 0.188. The van der Waals surface area contributed by atoms with Crippen LogP contribution in [0.25, 0.3) is 21.8 Å². The summed E-state index contributed by atoms with van der Waals surface area (Å²) in [6, 6.07) is 17.3. The molecular formula is C24H15F3N4O3. The molecule has 0 aliphatic carbocycles. The fourth-order valence-electron chi connectivity index (χ4n) is 3.48. The molecular weight excluding hydrogens is 449 g/mol. The van der Waals surface area contributed by atoms with Crippen molar-refractivity contribution in [2.75, 3.05) is 5.32 Å². The molecule has 170 valence electrons. The maximum Gasteiger partial charge on any atom is 0.573 e. The van der Waals surface area contributed by atoms with E-state index in [0.717, 1.165) is 28.3 Å². The number of hydrogen-bond acceptors (Lipinski definition) is 5. The first-order valence-corrected chi connectivity index (χ1v) is 10.0. The first-order chi connectivity index (χ1) is 16.4. The standard InChI is InChI=1S/C24H15F3N4O3/c25-24(26,27)34-16-6-4-14(5-7-16)23(32)30-20-3-1-2-15-12-17(8-9-18(15)20)33-21-10-11-28-22-19(21)13-29-31-22/h1-13H,(H,30,32)(H,28,29,31). The Morgan fingerprint density at radius 2 is 1.74 bits per heavy atom. The minimum Gasteiger partial charge on any atom is -0.456 e. The summed E-state index contributed by atoms with van der Waals surface area (Å²) in [6.45, 7) is 0. The van der Waals surface area contributed by atoms with E-state index in [4.69, 9.17) is 4.74 Å². The third kappa shape index (κ3) is 4.46. The molecule has 0 saturated heterocycles. The molecule has 3 aromatic carbocycles. The van der Waals surface area contributed by atoms with E-state index < -0.39 is 18.0 Å². The highest BCUT2D eigenvalue weighted by Gasteiger charge is 2.31. The van der Waals surface area contributed by atoms with Crippen LogP contribution in [0, 0.1) is 0 Å². The second-order valence-corrected chi connectivity index (χ2v) is 7.26. The molecule has 0 radical (unpaired) electrons. The molecule has 0 spiro atoms. The van der Waals surface area contributed by atoms with Gasteiger partial charge < -0.3 is 14.8 Å². The number of pyridine rings is 1. The minimum atomic E-state index is -4.79. The third-order valence-electron chi connectivity index (χ3n) is 4.99. The Morgan fingerprint density at radius 1 is 0.941 bits per heavy atom. The monoisotopic (exact) mass is 464 g/mol. The van der Waals surface area contributed by atoms with Crippen molar-refractivity contribution in [3.05, 3.63) is 84.7 Å². The van der Waals surface area contributed by atoms with E-state index >= 15 is 0 Å². The topological polar surface area (TPSA) is 89.1 Å². The van der Waals surface area contributed by atoms with Gasteiger partial charge >= 0.3 is 6.36 Å². The zero-order chi connectivity index (χ0) is 23.7. The number of carbonyl (C=O) groups excluding carboxylic acids is 1. The molecule has 2 N–H and O–H groups in total. The van der Waals surface area contributed by atoms with Crippen LogP contribution in [0.15, 0.2) is 79.1 Å². The van der Waals surface area contributed by atoms with Crippen molar-refractivity contribution in [3.8, 4) is 17.2 Å². The number of hydrogen-bond donors (Lipinski definition) is 2. The van der Waals surface area contributed by atoms with Crippen LogP contribution in [-0.4, -0.2) is 27.5 Å². The average Bonchev–Trinajstić information content (AvgIpc) is 3.29. The molecule has 34 heavy (non-hydrogen) atoms. The van der Waals surface area contributed by atoms with Gasteiger partial charge in [0.05, 0.1) is 11.6 Å². The quantitative estimate of drug-likeness (QED) is 0.330. The number of carbonyl (C=O) groups is 1. The summed E-state index contributed by atoms with van der Waals surface area (Å²) in [5.74, 6) is 0.319. The number of benzene rings is 3. The van der Waals surface area contributed by atoms with Gasteiger partial charge in [0.15, 0.2) is 5.65 Å². The van der Waals surface area contributed by atoms with Gasteiger partial charge in [0.25, 0.3) is 5.91 Å². The van der Waals surface area contributed by atoms with E-state index in [0.29, 0.717) is 22.8 Å². The van der Waals surface area contributed by atoms with E-state index in [2.05, 4.69) is 25.2 Å². The van der Waals surface area contributed by atoms with Crippen LogP contribution in [0.5, 0.6) is 17.2 Å². The van der Waals surface area contributed by atoms with Crippen LogP contribution in [0.1, 0.15) is 10.4 Å². The van der Waals surface area contributed by atoms with Crippen molar-refractivity contribution >= 4 is 33.4 Å². The highest BCUT2D eigenvalue weighted by Crippen LogP contribution is 2.32. The molecule has 0 aliphatic rings. The van der Waals surface area contributed by atoms with Crippen molar-refractivity contribution in [2.24, 2.45) is 0 Å². The summed E-state index contributed by atoms with van der Waals surface area (Å²) in [7, 11) is 0. The van der Waals surface area contributed by atoms with Crippen molar-refractivity contribution in [1.29, 1.82) is 0 Å². The lowest BCUT2D eigenvalue weighted by Crippen LogP contribution is -2.17. The van der Waals surface area contributed by atoms with Gasteiger partial charge in [0.1, 0.15) is 17.2 Å². The van der Waals surface area contributed by atoms with Gasteiger partial charge in [-0.1, -0.05) is 12.1 Å². The number of halogens is 3. The van der Waals surface area contributed by atoms with Crippen LogP contribution in [0.3, 0.4) is 0 Å². The van der Waals surface area contributed by atoms with Gasteiger partial charge in [0, 0.05) is 22.8 Å². The third-order valence-corrected chi connectivity index (χ3v) is 4.99. The average molecular weight is 464 g/mol. The summed E-state index contributed by atoms with van der Waals surface area (Å²) >= 11 is 0. The fourth-order valence-corrected chi connectivity index (χ4v) is 3.48. The number of fused-ring (bicyclic) bond motifs is 2. The van der Waals surface area contributed by atoms with Crippen LogP contribution in [-0.2, 0) is 0 Å². The maximum absolute atomic E-state index is 12.6. The number of aromatic nitrogens is 3. The number of H-pyrrole nitrogens is 1. The molecule has 5 rings (SSSR count). The first kappa shape index (κ1) is 21.3. The van der Waals surface area contributed by atoms with Crippen molar-refractivity contribution in [3.63, 3.8) is 0 Å². The number of ether oxygens (including phenoxy) is 2. The summed E-state index contributed by atoms with van der Waals surface area (Å²) < 4.78 is 46.8. The number of alkyl halides is 3. The number of nitrogens with zero attached hydrogens (tertiary/aromatic N) is 2. The van der Waals surface area contributed by atoms with Crippen LogP contribution < -0.4 is 14.8 Å². The van der Waals surface area contributed by atoms with E-state index in [1.807, 2.05) is 18.2 Å². The van der Waals surface area contributed by atoms with Crippen molar-refractivity contribution < 1.29 is 27.4 Å². The lowest BCUT2D eigenvalue weighted by Gasteiger charge is -2.12. The highest BCUT2D eigenvalue weighted by molar-refractivity contribution is 6.09. The number of amides is 1. The molecule has 0 unspecified atom stereocenters. The molecule has 2 heterocycles. The van der Waals surface area contributed by atoms with Gasteiger partial charge in [-0.2, -0.15) is 5.10 Å². The highest BCUT2D eigenvalue weighted by atomic mass is 19.4. The van der Waals surface area contributed by atoms with Gasteiger partial charge in [-0.3, -0.25) is 9.89 Å². The SMILES string of the molecule is O=C(Nc1cccc2cc(Oc3ccnc4[nH]ncc34)ccc12)c1ccc(OC(F)(F)F)cc1. The number of aromatic amines is 1. The van der Waals surface area contributed by atoms with Crippen LogP contribution in [0.4, 0.5) is 18.9 Å². The Hall–Kier alpha value is -4.60. The molecule has 2 aromatic heterocycles. The number of anilines is 1. The van der Waals surface area contributed by atoms with Crippen LogP contribution in [0.2, 0.25) is 0 Å². The van der Waals surface area contributed by atoms with Gasteiger partial charge in [-0.15, -0.1) is 13.2 Å². The molecule has 0 aliphatic heterocycles. The zero-order valence-corrected chi connectivity index (χ0v) is 17.3. The van der Waals surface area contributed by atoms with E-state index in [1.54, 1.807) is 36.7 Å². The van der Waals surface area contributed by atoms with E-state index in [1.165, 1.54) is 12.1 Å². The Kier molecular flexibility index (Phi) is 5.25. The summed E-state index contributed by atoms with van der Waals surface area (Å²) in [5, 5.41) is 11.9. The molecule has 0 atom stereocenters. The Balaban J connectivity index is 1.36. The normalized spacial score (nSPS) is 11.5. The van der Waals surface area contributed by atoms with Crippen molar-refractivity contribution in [2.45, 2.75) is 6.36 Å². The number of rotatable bonds is 5. The second-order valence-electron chi connectivity index (χ2n) is 7.26. The summed E-state index contributed by atoms with van der Waals surface area (Å²) in [4.78, 5) is 16.8. The molecule has 0 bridgehead atoms. The predicted molar refractivity (Wildman–Crippen MR) is 119 cm³/mol. The fraction of sp³-hybridized carbons (Fsp3) is 0.0417. The van der Waals surface area contributed by atoms with E-state index in [9.17, 15) is 18.0 Å². The lowest BCUT2D eigenvalue weighted by atomic mass is 10.1. The predicted octanol–water partition coefficient (Wildman–Crippen LogP) is 6.05. The maximum atomic E-state index is 12.6. The van der Waals surface area contributed by atoms with Gasteiger partial charge in [-0.25, -0.2) is 4.98 Å². The Labute approximate surface area is 190 Å². The van der Waals surface area contributed by atoms with E-state index in [-0.39, 0.29) is 5.56 Å². The molecule has 0 saturated carbocycles. The lowest BCUT2D eigenvalue weighted by molar-refractivity contribution is -0.274. The molecule has 10 heteroatoms. The summed E-state index contributed by atoms with van der Waals surface area (Å²) in [5.41, 5.74) is 1.35. The zero-order valence-electron chi connectivity index (χ0n) is 17.3. The molecule has 1 amide bonds. The summed E-state index contributed by atoms with van der Waals surface area (Å²) in [6.07, 6.45) is -1.54. The van der Waals surface area contributed by atoms with Crippen molar-refractivity contribution in [1.82, 2.24) is 15.2 Å².